The number of benzene rings is 2. The van der Waals surface area contributed by atoms with Crippen molar-refractivity contribution in [2.45, 2.75) is 0 Å². The van der Waals surface area contributed by atoms with Crippen LogP contribution in [0.5, 0.6) is 5.75 Å². The van der Waals surface area contributed by atoms with Crippen molar-refractivity contribution in [2.75, 3.05) is 18.5 Å². The minimum atomic E-state index is -0.341. The van der Waals surface area contributed by atoms with Crippen LogP contribution in [0.3, 0.4) is 0 Å². The van der Waals surface area contributed by atoms with Gasteiger partial charge in [0.1, 0.15) is 23.2 Å². The van der Waals surface area contributed by atoms with Crippen LogP contribution >= 0.6 is 11.6 Å². The molecular weight excluding hydrogens is 328 g/mol. The number of halogens is 1. The van der Waals surface area contributed by atoms with Gasteiger partial charge in [0, 0.05) is 11.1 Å². The summed E-state index contributed by atoms with van der Waals surface area (Å²) in [6.07, 6.45) is 0. The molecule has 0 bridgehead atoms. The van der Waals surface area contributed by atoms with Crippen LogP contribution in [0.2, 0.25) is 5.15 Å². The van der Waals surface area contributed by atoms with Crippen molar-refractivity contribution in [3.8, 4) is 5.75 Å². The Morgan fingerprint density at radius 1 is 1.17 bits per heavy atom. The Morgan fingerprint density at radius 2 is 1.92 bits per heavy atom. The summed E-state index contributed by atoms with van der Waals surface area (Å²) < 4.78 is 5.27. The fourth-order valence-corrected chi connectivity index (χ4v) is 2.53. The lowest BCUT2D eigenvalue weighted by Gasteiger charge is -2.08. The summed E-state index contributed by atoms with van der Waals surface area (Å²) in [5.41, 5.74) is 0.863. The van der Waals surface area contributed by atoms with E-state index in [1.54, 1.807) is 30.3 Å². The van der Waals surface area contributed by atoms with Crippen LogP contribution in [-0.2, 0) is 0 Å². The molecule has 1 heterocycles. The highest BCUT2D eigenvalue weighted by molar-refractivity contribution is 6.34. The summed E-state index contributed by atoms with van der Waals surface area (Å²) in [5, 5.41) is 13.5. The van der Waals surface area contributed by atoms with Gasteiger partial charge in [-0.1, -0.05) is 35.9 Å². The lowest BCUT2D eigenvalue weighted by molar-refractivity contribution is 0.102. The molecule has 1 amide bonds. The molecule has 5 nitrogen and oxygen atoms in total. The van der Waals surface area contributed by atoms with E-state index in [1.807, 2.05) is 24.3 Å². The van der Waals surface area contributed by atoms with Gasteiger partial charge in [-0.2, -0.15) is 0 Å². The van der Waals surface area contributed by atoms with Crippen LogP contribution < -0.4 is 10.1 Å². The maximum atomic E-state index is 12.4. The van der Waals surface area contributed by atoms with Crippen molar-refractivity contribution >= 4 is 34.0 Å². The number of amides is 1. The lowest BCUT2D eigenvalue weighted by Crippen LogP contribution is -2.13. The Labute approximate surface area is 143 Å². The number of carbonyl (C=O) groups is 1. The van der Waals surface area contributed by atoms with Gasteiger partial charge in [0.15, 0.2) is 0 Å². The average molecular weight is 343 g/mol. The summed E-state index contributed by atoms with van der Waals surface area (Å²) >= 11 is 6.15. The first kappa shape index (κ1) is 16.2. The van der Waals surface area contributed by atoms with Gasteiger partial charge in [0.2, 0.25) is 0 Å². The number of nitrogens with zero attached hydrogens (tertiary/aromatic N) is 1. The Hall–Kier alpha value is -2.63. The number of carbonyl (C=O) groups excluding carboxylic acids is 1. The quantitative estimate of drug-likeness (QED) is 0.696. The molecule has 0 aliphatic rings. The number of aliphatic hydroxyl groups excluding tert-OH is 1. The summed E-state index contributed by atoms with van der Waals surface area (Å²) in [6.45, 7) is 0.179. The van der Waals surface area contributed by atoms with Crippen LogP contribution in [0.15, 0.2) is 54.6 Å². The number of fused-ring (bicyclic) bond motifs is 1. The normalized spacial score (nSPS) is 10.6. The van der Waals surface area contributed by atoms with Gasteiger partial charge in [0.05, 0.1) is 6.61 Å². The molecule has 2 aromatic carbocycles. The molecule has 3 aromatic rings. The van der Waals surface area contributed by atoms with Gasteiger partial charge in [-0.05, 0) is 35.7 Å². The molecule has 6 heteroatoms. The van der Waals surface area contributed by atoms with E-state index in [2.05, 4.69) is 10.3 Å². The van der Waals surface area contributed by atoms with Gasteiger partial charge in [0.25, 0.3) is 5.91 Å². The van der Waals surface area contributed by atoms with Gasteiger partial charge in [-0.15, -0.1) is 0 Å². The van der Waals surface area contributed by atoms with Gasteiger partial charge in [-0.3, -0.25) is 4.79 Å². The van der Waals surface area contributed by atoms with Gasteiger partial charge >= 0.3 is 0 Å². The van der Waals surface area contributed by atoms with Crippen molar-refractivity contribution in [2.24, 2.45) is 0 Å². The molecule has 0 unspecified atom stereocenters. The second-order valence-corrected chi connectivity index (χ2v) is 5.43. The monoisotopic (exact) mass is 342 g/mol. The fourth-order valence-electron chi connectivity index (χ4n) is 2.27. The standard InChI is InChI=1S/C18H15ClN2O3/c19-17-15-4-2-1-3-12(15)11-16(21-17)18(23)20-13-5-7-14(8-6-13)24-10-9-22/h1-8,11,22H,9-10H2,(H,20,23). The van der Waals surface area contributed by atoms with Crippen molar-refractivity contribution in [3.05, 3.63) is 65.4 Å². The Morgan fingerprint density at radius 3 is 2.67 bits per heavy atom. The molecule has 0 atom stereocenters. The molecule has 3 rings (SSSR count). The number of aliphatic hydroxyl groups is 1. The largest absolute Gasteiger partial charge is 0.491 e. The average Bonchev–Trinajstić information content (AvgIpc) is 2.61. The predicted molar refractivity (Wildman–Crippen MR) is 93.7 cm³/mol. The highest BCUT2D eigenvalue weighted by Crippen LogP contribution is 2.23. The molecule has 0 radical (unpaired) electrons. The molecule has 0 aliphatic heterocycles. The minimum Gasteiger partial charge on any atom is -0.491 e. The number of anilines is 1. The van der Waals surface area contributed by atoms with Crippen molar-refractivity contribution < 1.29 is 14.6 Å². The Bertz CT molecular complexity index is 866. The number of pyridine rings is 1. The van der Waals surface area contributed by atoms with E-state index in [0.29, 0.717) is 16.6 Å². The van der Waals surface area contributed by atoms with Gasteiger partial charge in [-0.25, -0.2) is 4.98 Å². The van der Waals surface area contributed by atoms with E-state index in [0.717, 1.165) is 10.8 Å². The lowest BCUT2D eigenvalue weighted by atomic mass is 10.1. The second kappa shape index (κ2) is 7.29. The summed E-state index contributed by atoms with van der Waals surface area (Å²) in [5.74, 6) is 0.278. The molecule has 0 spiro atoms. The molecule has 2 N–H and O–H groups in total. The van der Waals surface area contributed by atoms with Crippen LogP contribution in [0, 0.1) is 0 Å². The Balaban J connectivity index is 1.77. The Kier molecular flexibility index (Phi) is 4.93. The van der Waals surface area contributed by atoms with E-state index in [4.69, 9.17) is 21.4 Å². The van der Waals surface area contributed by atoms with Gasteiger partial charge < -0.3 is 15.2 Å². The highest BCUT2D eigenvalue weighted by atomic mass is 35.5. The third-order valence-electron chi connectivity index (χ3n) is 3.40. The second-order valence-electron chi connectivity index (χ2n) is 5.07. The first-order valence-corrected chi connectivity index (χ1v) is 7.75. The minimum absolute atomic E-state index is 0.0487. The molecule has 0 fully saturated rings. The molecule has 0 aliphatic carbocycles. The van der Waals surface area contributed by atoms with Crippen molar-refractivity contribution in [1.82, 2.24) is 4.98 Å². The number of ether oxygens (including phenoxy) is 1. The molecule has 122 valence electrons. The van der Waals surface area contributed by atoms with E-state index in [-0.39, 0.29) is 24.8 Å². The molecule has 1 aromatic heterocycles. The van der Waals surface area contributed by atoms with Crippen LogP contribution in [0.4, 0.5) is 5.69 Å². The maximum absolute atomic E-state index is 12.4. The number of aromatic nitrogens is 1. The predicted octanol–water partition coefficient (Wildman–Crippen LogP) is 3.51. The zero-order valence-electron chi connectivity index (χ0n) is 12.7. The SMILES string of the molecule is O=C(Nc1ccc(OCCO)cc1)c1cc2ccccc2c(Cl)n1. The van der Waals surface area contributed by atoms with Crippen LogP contribution in [0.1, 0.15) is 10.5 Å². The van der Waals surface area contributed by atoms with E-state index in [1.165, 1.54) is 0 Å². The summed E-state index contributed by atoms with van der Waals surface area (Å²) in [6, 6.07) is 16.1. The fraction of sp³-hybridized carbons (Fsp3) is 0.111. The topological polar surface area (TPSA) is 71.5 Å². The van der Waals surface area contributed by atoms with E-state index < -0.39 is 0 Å². The van der Waals surface area contributed by atoms with E-state index >= 15 is 0 Å². The third kappa shape index (κ3) is 3.64. The number of rotatable bonds is 5. The summed E-state index contributed by atoms with van der Waals surface area (Å²) in [4.78, 5) is 16.5. The summed E-state index contributed by atoms with van der Waals surface area (Å²) in [7, 11) is 0. The molecule has 0 saturated heterocycles. The first-order valence-electron chi connectivity index (χ1n) is 7.38. The molecular formula is C18H15ClN2O3. The highest BCUT2D eigenvalue weighted by Gasteiger charge is 2.11. The van der Waals surface area contributed by atoms with Crippen LogP contribution in [0.25, 0.3) is 10.8 Å². The first-order chi connectivity index (χ1) is 11.7. The number of nitrogens with one attached hydrogen (secondary N) is 1. The molecule has 0 saturated carbocycles. The zero-order valence-corrected chi connectivity index (χ0v) is 13.5. The maximum Gasteiger partial charge on any atom is 0.274 e. The van der Waals surface area contributed by atoms with Crippen molar-refractivity contribution in [3.63, 3.8) is 0 Å². The molecule has 24 heavy (non-hydrogen) atoms. The number of hydrogen-bond acceptors (Lipinski definition) is 4. The third-order valence-corrected chi connectivity index (χ3v) is 3.69. The smallest absolute Gasteiger partial charge is 0.274 e. The van der Waals surface area contributed by atoms with E-state index in [9.17, 15) is 4.79 Å². The van der Waals surface area contributed by atoms with Crippen molar-refractivity contribution in [1.29, 1.82) is 0 Å². The van der Waals surface area contributed by atoms with Crippen LogP contribution in [-0.4, -0.2) is 29.2 Å². The zero-order chi connectivity index (χ0) is 16.9. The number of hydrogen-bond donors (Lipinski definition) is 2.